The number of benzene rings is 2. The maximum atomic E-state index is 12.8. The molecule has 2 atom stereocenters. The first-order valence-corrected chi connectivity index (χ1v) is 12.2. The summed E-state index contributed by atoms with van der Waals surface area (Å²) < 4.78 is 16.6. The van der Waals surface area contributed by atoms with Gasteiger partial charge in [-0.1, -0.05) is 24.3 Å². The molecule has 2 bridgehead atoms. The van der Waals surface area contributed by atoms with E-state index in [1.165, 1.54) is 11.1 Å². The predicted octanol–water partition coefficient (Wildman–Crippen LogP) is 4.58. The Kier molecular flexibility index (Phi) is 6.83. The molecule has 1 aliphatic carbocycles. The average molecular weight is 451 g/mol. The maximum Gasteiger partial charge on any atom is 0.407 e. The number of methoxy groups -OCH3 is 1. The lowest BCUT2D eigenvalue weighted by atomic mass is 9.85. The third kappa shape index (κ3) is 5.17. The topological polar surface area (TPSA) is 60.0 Å². The summed E-state index contributed by atoms with van der Waals surface area (Å²) in [5.41, 5.74) is 4.82. The summed E-state index contributed by atoms with van der Waals surface area (Å²) in [7, 11) is 1.67. The van der Waals surface area contributed by atoms with Gasteiger partial charge in [-0.05, 0) is 91.6 Å². The molecule has 1 N–H and O–H groups in total. The molecule has 3 heterocycles. The Morgan fingerprint density at radius 3 is 2.55 bits per heavy atom. The number of alkyl carbamates (subject to hydrolysis) is 1. The van der Waals surface area contributed by atoms with Crippen LogP contribution in [0.3, 0.4) is 0 Å². The molecule has 0 radical (unpaired) electrons. The maximum absolute atomic E-state index is 12.8. The number of amides is 1. The van der Waals surface area contributed by atoms with Crippen molar-refractivity contribution in [3.05, 3.63) is 53.6 Å². The molecule has 0 aromatic heterocycles. The van der Waals surface area contributed by atoms with Crippen molar-refractivity contribution in [1.29, 1.82) is 0 Å². The summed E-state index contributed by atoms with van der Waals surface area (Å²) in [5, 5.41) is 3.19. The summed E-state index contributed by atoms with van der Waals surface area (Å²) in [6.45, 7) is 4.28. The fraction of sp³-hybridized carbons (Fsp3) is 0.519. The van der Waals surface area contributed by atoms with Crippen molar-refractivity contribution in [2.45, 2.75) is 44.2 Å². The number of carbonyl (C=O) groups is 1. The van der Waals surface area contributed by atoms with Gasteiger partial charge in [0.05, 0.1) is 12.6 Å². The monoisotopic (exact) mass is 450 g/mol. The third-order valence-electron chi connectivity index (χ3n) is 7.35. The highest BCUT2D eigenvalue weighted by Crippen LogP contribution is 2.34. The highest BCUT2D eigenvalue weighted by atomic mass is 16.6. The van der Waals surface area contributed by atoms with E-state index in [9.17, 15) is 4.79 Å². The van der Waals surface area contributed by atoms with E-state index in [1.54, 1.807) is 7.11 Å². The zero-order chi connectivity index (χ0) is 22.6. The second-order valence-corrected chi connectivity index (χ2v) is 9.45. The van der Waals surface area contributed by atoms with E-state index < -0.39 is 0 Å². The molecular formula is C27H34N2O4. The van der Waals surface area contributed by atoms with Crippen LogP contribution in [-0.4, -0.2) is 57.1 Å². The van der Waals surface area contributed by atoms with Crippen molar-refractivity contribution in [3.8, 4) is 16.9 Å². The largest absolute Gasteiger partial charge is 0.491 e. The summed E-state index contributed by atoms with van der Waals surface area (Å²) in [6.07, 6.45) is 5.12. The standard InChI is InChI=1S/C27H34N2O4/c1-31-15-16-32-23-9-7-19(8-10-23)22-6-5-20-3-2-4-25(24(20)17-22)28-27(30)33-26-18-29-13-11-21(26)12-14-29/h5-10,17,21,25-26H,2-4,11-16,18H2,1H3,(H,28,30)/t25?,26-/m0/s1. The molecule has 0 saturated carbocycles. The summed E-state index contributed by atoms with van der Waals surface area (Å²) >= 11 is 0. The molecule has 4 aliphatic rings. The Bertz CT molecular complexity index is 953. The van der Waals surface area contributed by atoms with Gasteiger partial charge in [-0.25, -0.2) is 4.79 Å². The van der Waals surface area contributed by atoms with Crippen LogP contribution in [-0.2, 0) is 15.9 Å². The van der Waals surface area contributed by atoms with Crippen LogP contribution >= 0.6 is 0 Å². The molecule has 2 aromatic carbocycles. The molecule has 0 spiro atoms. The molecular weight excluding hydrogens is 416 g/mol. The normalized spacial score (nSPS) is 25.8. The molecule has 1 unspecified atom stereocenters. The fourth-order valence-corrected chi connectivity index (χ4v) is 5.47. The zero-order valence-corrected chi connectivity index (χ0v) is 19.4. The van der Waals surface area contributed by atoms with E-state index >= 15 is 0 Å². The smallest absolute Gasteiger partial charge is 0.407 e. The lowest BCUT2D eigenvalue weighted by molar-refractivity contribution is -0.0340. The number of hydrogen-bond donors (Lipinski definition) is 1. The van der Waals surface area contributed by atoms with Gasteiger partial charge in [0.1, 0.15) is 18.5 Å². The number of piperidine rings is 3. The van der Waals surface area contributed by atoms with Gasteiger partial charge in [0.15, 0.2) is 0 Å². The number of ether oxygens (including phenoxy) is 3. The van der Waals surface area contributed by atoms with Crippen LogP contribution in [0.1, 0.15) is 42.9 Å². The average Bonchev–Trinajstić information content (AvgIpc) is 2.85. The number of nitrogens with one attached hydrogen (secondary N) is 1. The number of nitrogens with zero attached hydrogens (tertiary/aromatic N) is 1. The van der Waals surface area contributed by atoms with E-state index in [1.807, 2.05) is 12.1 Å². The van der Waals surface area contributed by atoms with Gasteiger partial charge >= 0.3 is 6.09 Å². The predicted molar refractivity (Wildman–Crippen MR) is 127 cm³/mol. The number of carbonyl (C=O) groups excluding carboxylic acids is 1. The molecule has 3 saturated heterocycles. The first-order chi connectivity index (χ1) is 16.2. The lowest BCUT2D eigenvalue weighted by Gasteiger charge is -2.44. The van der Waals surface area contributed by atoms with Crippen LogP contribution in [0.15, 0.2) is 42.5 Å². The molecule has 6 nitrogen and oxygen atoms in total. The fourth-order valence-electron chi connectivity index (χ4n) is 5.47. The Morgan fingerprint density at radius 1 is 1.03 bits per heavy atom. The SMILES string of the molecule is COCCOc1ccc(-c2ccc3c(c2)C(NC(=O)O[C@H]2CN4CCC2CC4)CCC3)cc1. The number of fused-ring (bicyclic) bond motifs is 4. The molecule has 176 valence electrons. The Labute approximate surface area is 196 Å². The van der Waals surface area contributed by atoms with Gasteiger partial charge in [0.25, 0.3) is 0 Å². The number of hydrogen-bond acceptors (Lipinski definition) is 5. The molecule has 33 heavy (non-hydrogen) atoms. The summed E-state index contributed by atoms with van der Waals surface area (Å²) in [6, 6.07) is 14.8. The first kappa shape index (κ1) is 22.2. The third-order valence-corrected chi connectivity index (χ3v) is 7.35. The van der Waals surface area contributed by atoms with Crippen LogP contribution in [0.4, 0.5) is 4.79 Å². The quantitative estimate of drug-likeness (QED) is 0.626. The summed E-state index contributed by atoms with van der Waals surface area (Å²) in [4.78, 5) is 15.2. The van der Waals surface area contributed by atoms with E-state index in [0.717, 1.165) is 68.6 Å². The van der Waals surface area contributed by atoms with Crippen molar-refractivity contribution in [2.75, 3.05) is 40.0 Å². The van der Waals surface area contributed by atoms with Gasteiger partial charge in [-0.15, -0.1) is 0 Å². The minimum Gasteiger partial charge on any atom is -0.491 e. The van der Waals surface area contributed by atoms with Crippen molar-refractivity contribution < 1.29 is 19.0 Å². The van der Waals surface area contributed by atoms with Crippen molar-refractivity contribution in [2.24, 2.45) is 5.92 Å². The molecule has 1 amide bonds. The zero-order valence-electron chi connectivity index (χ0n) is 19.4. The van der Waals surface area contributed by atoms with E-state index in [4.69, 9.17) is 14.2 Å². The van der Waals surface area contributed by atoms with Crippen LogP contribution in [0.5, 0.6) is 5.75 Å². The minimum atomic E-state index is -0.269. The Balaban J connectivity index is 1.26. The van der Waals surface area contributed by atoms with Crippen molar-refractivity contribution in [1.82, 2.24) is 10.2 Å². The van der Waals surface area contributed by atoms with E-state index in [2.05, 4.69) is 40.5 Å². The number of aryl methyl sites for hydroxylation is 1. The Hall–Kier alpha value is -2.57. The number of rotatable bonds is 7. The summed E-state index contributed by atoms with van der Waals surface area (Å²) in [5.74, 6) is 1.36. The van der Waals surface area contributed by atoms with Gasteiger partial charge in [0.2, 0.25) is 0 Å². The van der Waals surface area contributed by atoms with Gasteiger partial charge in [-0.3, -0.25) is 4.90 Å². The van der Waals surface area contributed by atoms with Crippen LogP contribution in [0.25, 0.3) is 11.1 Å². The molecule has 2 aromatic rings. The first-order valence-electron chi connectivity index (χ1n) is 12.2. The molecule has 6 heteroatoms. The Morgan fingerprint density at radius 2 is 1.82 bits per heavy atom. The van der Waals surface area contributed by atoms with Crippen LogP contribution in [0.2, 0.25) is 0 Å². The van der Waals surface area contributed by atoms with Crippen LogP contribution < -0.4 is 10.1 Å². The van der Waals surface area contributed by atoms with Gasteiger partial charge < -0.3 is 19.5 Å². The van der Waals surface area contributed by atoms with Crippen molar-refractivity contribution >= 4 is 6.09 Å². The van der Waals surface area contributed by atoms with Crippen LogP contribution in [0, 0.1) is 5.92 Å². The molecule has 3 aliphatic heterocycles. The highest BCUT2D eigenvalue weighted by Gasteiger charge is 2.37. The molecule has 6 rings (SSSR count). The van der Waals surface area contributed by atoms with Crippen molar-refractivity contribution in [3.63, 3.8) is 0 Å². The van der Waals surface area contributed by atoms with E-state index in [0.29, 0.717) is 19.1 Å². The second kappa shape index (κ2) is 10.1. The van der Waals surface area contributed by atoms with Gasteiger partial charge in [0, 0.05) is 13.7 Å². The highest BCUT2D eigenvalue weighted by molar-refractivity contribution is 5.70. The minimum absolute atomic E-state index is 0.000986. The van der Waals surface area contributed by atoms with E-state index in [-0.39, 0.29) is 18.2 Å². The molecule has 3 fully saturated rings. The van der Waals surface area contributed by atoms with Gasteiger partial charge in [-0.2, -0.15) is 0 Å². The lowest BCUT2D eigenvalue weighted by Crippen LogP contribution is -2.52. The second-order valence-electron chi connectivity index (χ2n) is 9.45.